The van der Waals surface area contributed by atoms with Gasteiger partial charge in [-0.2, -0.15) is 0 Å². The van der Waals surface area contributed by atoms with Crippen molar-refractivity contribution < 1.29 is 19.5 Å². The van der Waals surface area contributed by atoms with Crippen molar-refractivity contribution in [1.29, 1.82) is 0 Å². The maximum absolute atomic E-state index is 11.6. The van der Waals surface area contributed by atoms with Crippen LogP contribution >= 0.6 is 22.9 Å². The molecule has 27 heavy (non-hydrogen) atoms. The van der Waals surface area contributed by atoms with Gasteiger partial charge in [-0.1, -0.05) is 35.9 Å². The molecule has 0 aliphatic carbocycles. The number of primary amides is 2. The van der Waals surface area contributed by atoms with Crippen LogP contribution in [0.2, 0.25) is 5.02 Å². The molecule has 3 amide bonds. The normalized spacial score (nSPS) is 12.1. The predicted molar refractivity (Wildman–Crippen MR) is 106 cm³/mol. The number of hydrogen-bond donors (Lipinski definition) is 5. The van der Waals surface area contributed by atoms with Gasteiger partial charge in [0, 0.05) is 15.5 Å². The summed E-state index contributed by atoms with van der Waals surface area (Å²) in [5.41, 5.74) is 17.4. The summed E-state index contributed by atoms with van der Waals surface area (Å²) in [5.74, 6) is -1.77. The number of thiophene rings is 1. The monoisotopic (exact) mass is 408 g/mol. The number of nitrogens with two attached hydrogens (primary N) is 3. The summed E-state index contributed by atoms with van der Waals surface area (Å²) >= 11 is 7.45. The van der Waals surface area contributed by atoms with Crippen LogP contribution in [-0.2, 0) is 4.79 Å². The van der Waals surface area contributed by atoms with Gasteiger partial charge in [-0.3, -0.25) is 14.9 Å². The SMILES string of the molecule is NC(=O)Nc1sc(-c2ccc(C=CCC(N)C(=O)O)cc2Cl)cc1C(N)=O. The molecule has 2 aromatic rings. The van der Waals surface area contributed by atoms with E-state index in [0.717, 1.165) is 16.9 Å². The molecule has 0 aliphatic heterocycles. The average molecular weight is 409 g/mol. The third-order valence-electron chi connectivity index (χ3n) is 3.51. The maximum atomic E-state index is 11.6. The molecule has 8 nitrogen and oxygen atoms in total. The van der Waals surface area contributed by atoms with Crippen LogP contribution in [0, 0.1) is 0 Å². The molecule has 2 rings (SSSR count). The summed E-state index contributed by atoms with van der Waals surface area (Å²) in [7, 11) is 0. The Bertz CT molecular complexity index is 926. The second-order valence-corrected chi connectivity index (χ2v) is 6.99. The lowest BCUT2D eigenvalue weighted by Crippen LogP contribution is -2.29. The van der Waals surface area contributed by atoms with Crippen LogP contribution in [0.25, 0.3) is 16.5 Å². The molecule has 142 valence electrons. The fourth-order valence-electron chi connectivity index (χ4n) is 2.20. The fraction of sp³-hybridized carbons (Fsp3) is 0.118. The lowest BCUT2D eigenvalue weighted by Gasteiger charge is -2.04. The molecule has 0 spiro atoms. The van der Waals surface area contributed by atoms with E-state index >= 15 is 0 Å². The number of carbonyl (C=O) groups excluding carboxylic acids is 2. The van der Waals surface area contributed by atoms with Crippen molar-refractivity contribution in [1.82, 2.24) is 0 Å². The topological polar surface area (TPSA) is 162 Å². The molecule has 0 bridgehead atoms. The first-order valence-corrected chi connectivity index (χ1v) is 8.83. The van der Waals surface area contributed by atoms with Gasteiger partial charge in [0.15, 0.2) is 0 Å². The van der Waals surface area contributed by atoms with Gasteiger partial charge in [-0.05, 0) is 24.1 Å². The van der Waals surface area contributed by atoms with Crippen LogP contribution in [0.3, 0.4) is 0 Å². The van der Waals surface area contributed by atoms with E-state index < -0.39 is 23.9 Å². The fourth-order valence-corrected chi connectivity index (χ4v) is 3.65. The highest BCUT2D eigenvalue weighted by molar-refractivity contribution is 7.20. The second-order valence-electron chi connectivity index (χ2n) is 5.53. The summed E-state index contributed by atoms with van der Waals surface area (Å²) in [6.45, 7) is 0. The zero-order chi connectivity index (χ0) is 20.1. The number of hydrogen-bond acceptors (Lipinski definition) is 5. The highest BCUT2D eigenvalue weighted by atomic mass is 35.5. The van der Waals surface area contributed by atoms with Gasteiger partial charge >= 0.3 is 12.0 Å². The minimum atomic E-state index is -1.07. The Morgan fingerprint density at radius 3 is 2.52 bits per heavy atom. The van der Waals surface area contributed by atoms with Crippen LogP contribution in [-0.4, -0.2) is 29.1 Å². The molecule has 0 saturated carbocycles. The van der Waals surface area contributed by atoms with Gasteiger partial charge in [0.2, 0.25) is 0 Å². The van der Waals surface area contributed by atoms with Crippen molar-refractivity contribution in [3.8, 4) is 10.4 Å². The number of carbonyl (C=O) groups is 3. The van der Waals surface area contributed by atoms with Crippen molar-refractivity contribution in [2.75, 3.05) is 5.32 Å². The maximum Gasteiger partial charge on any atom is 0.320 e. The van der Waals surface area contributed by atoms with Gasteiger partial charge in [0.1, 0.15) is 11.0 Å². The van der Waals surface area contributed by atoms with Gasteiger partial charge in [0.25, 0.3) is 5.91 Å². The van der Waals surface area contributed by atoms with Crippen molar-refractivity contribution in [3.05, 3.63) is 46.5 Å². The highest BCUT2D eigenvalue weighted by Crippen LogP contribution is 2.38. The molecule has 8 N–H and O–H groups in total. The molecule has 1 aromatic heterocycles. The number of amides is 3. The van der Waals surface area contributed by atoms with Gasteiger partial charge in [-0.25, -0.2) is 4.79 Å². The Morgan fingerprint density at radius 1 is 1.26 bits per heavy atom. The molecule has 0 fully saturated rings. The molecule has 0 saturated heterocycles. The molecule has 1 unspecified atom stereocenters. The number of urea groups is 1. The molecule has 1 heterocycles. The second kappa shape index (κ2) is 8.67. The largest absolute Gasteiger partial charge is 0.480 e. The van der Waals surface area contributed by atoms with Crippen LogP contribution < -0.4 is 22.5 Å². The van der Waals surface area contributed by atoms with E-state index in [4.69, 9.17) is 33.9 Å². The standard InChI is InChI=1S/C17H17ClN4O4S/c18-11-6-8(2-1-3-12(19)16(24)25)4-5-9(11)13-7-10(14(20)23)15(27-13)22-17(21)26/h1-2,4-7,12H,3,19H2,(H2,20,23)(H,24,25)(H3,21,22,26). The molecule has 10 heteroatoms. The van der Waals surface area contributed by atoms with Crippen LogP contribution in [0.4, 0.5) is 9.80 Å². The molecule has 1 atom stereocenters. The number of halogens is 1. The Kier molecular flexibility index (Phi) is 6.56. The highest BCUT2D eigenvalue weighted by Gasteiger charge is 2.17. The molecule has 1 aromatic carbocycles. The number of aliphatic carboxylic acids is 1. The van der Waals surface area contributed by atoms with E-state index in [2.05, 4.69) is 5.32 Å². The molecule has 0 radical (unpaired) electrons. The first-order valence-electron chi connectivity index (χ1n) is 7.64. The quantitative estimate of drug-likeness (QED) is 0.474. The zero-order valence-corrected chi connectivity index (χ0v) is 15.5. The van der Waals surface area contributed by atoms with Crippen LogP contribution in [0.1, 0.15) is 22.3 Å². The summed E-state index contributed by atoms with van der Waals surface area (Å²) in [6.07, 6.45) is 3.54. The number of carboxylic acid groups (broad SMARTS) is 1. The first kappa shape index (κ1) is 20.4. The van der Waals surface area contributed by atoms with E-state index in [0.29, 0.717) is 15.5 Å². The van der Waals surface area contributed by atoms with Crippen molar-refractivity contribution in [2.24, 2.45) is 17.2 Å². The summed E-state index contributed by atoms with van der Waals surface area (Å²) < 4.78 is 0. The van der Waals surface area contributed by atoms with Crippen LogP contribution in [0.5, 0.6) is 0 Å². The van der Waals surface area contributed by atoms with E-state index in [1.807, 2.05) is 0 Å². The van der Waals surface area contributed by atoms with Crippen molar-refractivity contribution in [3.63, 3.8) is 0 Å². The molecular weight excluding hydrogens is 392 g/mol. The Hall–Kier alpha value is -2.88. The molecule has 0 aliphatic rings. The Balaban J connectivity index is 2.27. The minimum absolute atomic E-state index is 0.136. The number of nitrogens with one attached hydrogen (secondary N) is 1. The first-order chi connectivity index (χ1) is 12.7. The Labute approximate surface area is 163 Å². The van der Waals surface area contributed by atoms with E-state index in [-0.39, 0.29) is 17.0 Å². The lowest BCUT2D eigenvalue weighted by atomic mass is 10.1. The van der Waals surface area contributed by atoms with E-state index in [9.17, 15) is 14.4 Å². The van der Waals surface area contributed by atoms with Crippen molar-refractivity contribution in [2.45, 2.75) is 12.5 Å². The summed E-state index contributed by atoms with van der Waals surface area (Å²) in [6, 6.07) is 4.95. The summed E-state index contributed by atoms with van der Waals surface area (Å²) in [5, 5.41) is 11.8. The summed E-state index contributed by atoms with van der Waals surface area (Å²) in [4.78, 5) is 34.0. The third kappa shape index (κ3) is 5.30. The van der Waals surface area contributed by atoms with Gasteiger partial charge in [-0.15, -0.1) is 11.3 Å². The zero-order valence-electron chi connectivity index (χ0n) is 13.9. The lowest BCUT2D eigenvalue weighted by molar-refractivity contribution is -0.138. The third-order valence-corrected chi connectivity index (χ3v) is 4.91. The van der Waals surface area contributed by atoms with Crippen LogP contribution in [0.15, 0.2) is 30.3 Å². The minimum Gasteiger partial charge on any atom is -0.480 e. The van der Waals surface area contributed by atoms with E-state index in [1.54, 1.807) is 30.4 Å². The number of anilines is 1. The number of benzene rings is 1. The van der Waals surface area contributed by atoms with Crippen molar-refractivity contribution >= 4 is 51.9 Å². The number of carboxylic acids is 1. The van der Waals surface area contributed by atoms with E-state index in [1.165, 1.54) is 6.07 Å². The van der Waals surface area contributed by atoms with Gasteiger partial charge in [0.05, 0.1) is 5.56 Å². The Morgan fingerprint density at radius 2 is 1.96 bits per heavy atom. The molecular formula is C17H17ClN4O4S. The van der Waals surface area contributed by atoms with Gasteiger partial charge < -0.3 is 22.3 Å². The average Bonchev–Trinajstić information content (AvgIpc) is 2.97. The predicted octanol–water partition coefficient (Wildman–Crippen LogP) is 2.47. The number of rotatable bonds is 7. The smallest absolute Gasteiger partial charge is 0.320 e.